The molecule has 1 rings (SSSR count). The first-order valence-corrected chi connectivity index (χ1v) is 26.4. The molecule has 1 amide bonds. The molecule has 0 aromatic heterocycles. The lowest BCUT2D eigenvalue weighted by Gasteiger charge is -2.22. The van der Waals surface area contributed by atoms with Crippen molar-refractivity contribution in [3.63, 3.8) is 0 Å². The highest BCUT2D eigenvalue weighted by Gasteiger charge is 2.23. The van der Waals surface area contributed by atoms with Crippen LogP contribution in [0.2, 0.25) is 0 Å². The van der Waals surface area contributed by atoms with Gasteiger partial charge in [-0.05, 0) is 96.2 Å². The highest BCUT2D eigenvalue weighted by Crippen LogP contribution is 2.21. The Morgan fingerprint density at radius 3 is 1.57 bits per heavy atom. The van der Waals surface area contributed by atoms with Crippen molar-refractivity contribution in [2.24, 2.45) is 11.8 Å². The molecule has 1 N–H and O–H groups in total. The number of carbonyl (C=O) groups excluding carboxylic acids is 3. The third-order valence-corrected chi connectivity index (χ3v) is 12.7. The van der Waals surface area contributed by atoms with Crippen LogP contribution in [-0.4, -0.2) is 74.8 Å². The smallest absolute Gasteiger partial charge is 0.306 e. The van der Waals surface area contributed by atoms with Gasteiger partial charge in [-0.1, -0.05) is 169 Å². The van der Waals surface area contributed by atoms with Crippen molar-refractivity contribution in [3.8, 4) is 0 Å². The third-order valence-electron chi connectivity index (χ3n) is 12.7. The van der Waals surface area contributed by atoms with Crippen molar-refractivity contribution in [3.05, 3.63) is 0 Å². The summed E-state index contributed by atoms with van der Waals surface area (Å²) in [5, 5.41) is 3.14. The number of carbonyl (C=O) groups is 3. The van der Waals surface area contributed by atoms with Crippen LogP contribution in [0.25, 0.3) is 0 Å². The molecule has 1 atom stereocenters. The molecule has 1 fully saturated rings. The van der Waals surface area contributed by atoms with Gasteiger partial charge in [-0.15, -0.1) is 0 Å². The highest BCUT2D eigenvalue weighted by molar-refractivity contribution is 5.78. The van der Waals surface area contributed by atoms with Crippen LogP contribution in [0.3, 0.4) is 0 Å². The first kappa shape index (κ1) is 56.3. The largest absolute Gasteiger partial charge is 0.466 e. The fourth-order valence-corrected chi connectivity index (χ4v) is 8.65. The number of nitrogens with one attached hydrogen (secondary N) is 1. The van der Waals surface area contributed by atoms with Crippen molar-refractivity contribution >= 4 is 17.8 Å². The Morgan fingerprint density at radius 1 is 0.550 bits per heavy atom. The van der Waals surface area contributed by atoms with Gasteiger partial charge in [0.1, 0.15) is 6.10 Å². The molecule has 60 heavy (non-hydrogen) atoms. The molecule has 0 aliphatic carbocycles. The molecule has 1 saturated heterocycles. The zero-order valence-corrected chi connectivity index (χ0v) is 40.3. The molecule has 0 aromatic rings. The molecular weight excluding hydrogens is 749 g/mol. The molecule has 354 valence electrons. The Morgan fingerprint density at radius 2 is 1.03 bits per heavy atom. The third kappa shape index (κ3) is 34.9. The molecule has 1 heterocycles. The normalized spacial score (nSPS) is 14.2. The highest BCUT2D eigenvalue weighted by atomic mass is 16.5. The average Bonchev–Trinajstić information content (AvgIpc) is 3.80. The zero-order valence-electron chi connectivity index (χ0n) is 40.3. The van der Waals surface area contributed by atoms with Gasteiger partial charge >= 0.3 is 11.9 Å². The number of ether oxygens (including phenoxy) is 3. The molecule has 8 nitrogen and oxygen atoms in total. The summed E-state index contributed by atoms with van der Waals surface area (Å²) in [6.07, 6.45) is 39.9. The minimum atomic E-state index is -0.0235. The summed E-state index contributed by atoms with van der Waals surface area (Å²) in [5.41, 5.74) is 0. The standard InChI is InChI=1S/C52H100N2O6/c1-5-9-13-15-19-25-34-49(35-26-20-16-14-10-6-2)60-51(56)37-28-22-18-24-30-42-54(43-31-40-53-52(57)48-39-44-58-46-48)41-29-23-17-21-27-36-50(55)59-45-38-47(32-11-7-3)33-12-8-4/h47-49H,5-46H2,1-4H3,(H,53,57). The average molecular weight is 849 g/mol. The fraction of sp³-hybridized carbons (Fsp3) is 0.942. The van der Waals surface area contributed by atoms with Crippen molar-refractivity contribution in [1.82, 2.24) is 10.2 Å². The number of nitrogens with zero attached hydrogens (tertiary/aromatic N) is 1. The van der Waals surface area contributed by atoms with Gasteiger partial charge in [-0.3, -0.25) is 14.4 Å². The Bertz CT molecular complexity index is 948. The summed E-state index contributed by atoms with van der Waals surface area (Å²) >= 11 is 0. The van der Waals surface area contributed by atoms with Crippen LogP contribution >= 0.6 is 0 Å². The van der Waals surface area contributed by atoms with Crippen LogP contribution in [0.1, 0.15) is 252 Å². The van der Waals surface area contributed by atoms with Crippen molar-refractivity contribution in [2.75, 3.05) is 46.0 Å². The number of unbranched alkanes of at least 4 members (excludes halogenated alkanes) is 20. The van der Waals surface area contributed by atoms with Crippen LogP contribution in [0.5, 0.6) is 0 Å². The molecule has 0 aromatic carbocycles. The predicted octanol–water partition coefficient (Wildman–Crippen LogP) is 13.9. The quantitative estimate of drug-likeness (QED) is 0.0482. The van der Waals surface area contributed by atoms with E-state index in [1.54, 1.807) is 0 Å². The Balaban J connectivity index is 2.35. The monoisotopic (exact) mass is 849 g/mol. The summed E-state index contributed by atoms with van der Waals surface area (Å²) < 4.78 is 17.1. The number of esters is 2. The molecule has 1 aliphatic rings. The minimum Gasteiger partial charge on any atom is -0.466 e. The van der Waals surface area contributed by atoms with E-state index >= 15 is 0 Å². The van der Waals surface area contributed by atoms with Gasteiger partial charge in [-0.2, -0.15) is 0 Å². The van der Waals surface area contributed by atoms with E-state index in [4.69, 9.17) is 14.2 Å². The number of hydrogen-bond acceptors (Lipinski definition) is 7. The van der Waals surface area contributed by atoms with Crippen LogP contribution in [0.4, 0.5) is 0 Å². The lowest BCUT2D eigenvalue weighted by molar-refractivity contribution is -0.150. The second-order valence-corrected chi connectivity index (χ2v) is 18.5. The SMILES string of the molecule is CCCCCCCCC(CCCCCCCC)OC(=O)CCCCCCCN(CCCCCCCC(=O)OCCC(CCCC)CCCC)CCCNC(=O)C1CCOC1. The van der Waals surface area contributed by atoms with E-state index in [1.807, 2.05) is 0 Å². The number of amides is 1. The lowest BCUT2D eigenvalue weighted by Crippen LogP contribution is -2.34. The minimum absolute atomic E-state index is 0.0136. The fourth-order valence-electron chi connectivity index (χ4n) is 8.65. The Kier molecular flexibility index (Phi) is 40.0. The first-order chi connectivity index (χ1) is 29.4. The van der Waals surface area contributed by atoms with Crippen LogP contribution < -0.4 is 5.32 Å². The predicted molar refractivity (Wildman–Crippen MR) is 252 cm³/mol. The molecule has 0 radical (unpaired) electrons. The summed E-state index contributed by atoms with van der Waals surface area (Å²) in [4.78, 5) is 40.3. The Labute approximate surface area is 371 Å². The zero-order chi connectivity index (χ0) is 43.6. The van der Waals surface area contributed by atoms with E-state index in [1.165, 1.54) is 128 Å². The van der Waals surface area contributed by atoms with Crippen molar-refractivity contribution < 1.29 is 28.6 Å². The molecule has 0 saturated carbocycles. The summed E-state index contributed by atoms with van der Waals surface area (Å²) in [5.74, 6) is 0.840. The maximum absolute atomic E-state index is 12.9. The molecule has 0 spiro atoms. The topological polar surface area (TPSA) is 94.2 Å². The van der Waals surface area contributed by atoms with E-state index in [9.17, 15) is 14.4 Å². The van der Waals surface area contributed by atoms with Gasteiger partial charge in [-0.25, -0.2) is 0 Å². The van der Waals surface area contributed by atoms with Gasteiger partial charge in [0.2, 0.25) is 5.91 Å². The second-order valence-electron chi connectivity index (χ2n) is 18.5. The molecular formula is C52H100N2O6. The number of rotatable bonds is 45. The second kappa shape index (κ2) is 42.6. The summed E-state index contributed by atoms with van der Waals surface area (Å²) in [6.45, 7) is 14.7. The van der Waals surface area contributed by atoms with Gasteiger partial charge in [0, 0.05) is 26.0 Å². The lowest BCUT2D eigenvalue weighted by atomic mass is 9.93. The Hall–Kier alpha value is -1.67. The number of hydrogen-bond donors (Lipinski definition) is 1. The van der Waals surface area contributed by atoms with Crippen LogP contribution in [0, 0.1) is 11.8 Å². The van der Waals surface area contributed by atoms with Crippen LogP contribution in [-0.2, 0) is 28.6 Å². The van der Waals surface area contributed by atoms with Gasteiger partial charge < -0.3 is 24.4 Å². The summed E-state index contributed by atoms with van der Waals surface area (Å²) in [7, 11) is 0. The van der Waals surface area contributed by atoms with Gasteiger partial charge in [0.05, 0.1) is 19.1 Å². The van der Waals surface area contributed by atoms with Gasteiger partial charge in [0.15, 0.2) is 0 Å². The maximum atomic E-state index is 12.9. The van der Waals surface area contributed by atoms with E-state index in [0.717, 1.165) is 110 Å². The van der Waals surface area contributed by atoms with E-state index in [-0.39, 0.29) is 29.9 Å². The van der Waals surface area contributed by atoms with Crippen molar-refractivity contribution in [2.45, 2.75) is 259 Å². The summed E-state index contributed by atoms with van der Waals surface area (Å²) in [6, 6.07) is 0. The molecule has 0 bridgehead atoms. The molecule has 1 unspecified atom stereocenters. The van der Waals surface area contributed by atoms with E-state index < -0.39 is 0 Å². The molecule has 1 aliphatic heterocycles. The van der Waals surface area contributed by atoms with Gasteiger partial charge in [0.25, 0.3) is 0 Å². The first-order valence-electron chi connectivity index (χ1n) is 26.4. The molecule has 8 heteroatoms. The maximum Gasteiger partial charge on any atom is 0.306 e. The van der Waals surface area contributed by atoms with E-state index in [2.05, 4.69) is 37.9 Å². The van der Waals surface area contributed by atoms with Crippen molar-refractivity contribution in [1.29, 1.82) is 0 Å². The van der Waals surface area contributed by atoms with E-state index in [0.29, 0.717) is 38.6 Å². The van der Waals surface area contributed by atoms with Crippen LogP contribution in [0.15, 0.2) is 0 Å².